The third kappa shape index (κ3) is 4.61. The molecule has 2 aromatic rings. The second-order valence-corrected chi connectivity index (χ2v) is 9.80. The molecule has 174 valence electrons. The van der Waals surface area contributed by atoms with Crippen molar-refractivity contribution in [1.82, 2.24) is 19.5 Å². The molecule has 0 bridgehead atoms. The van der Waals surface area contributed by atoms with Gasteiger partial charge in [0.15, 0.2) is 23.5 Å². The van der Waals surface area contributed by atoms with Crippen molar-refractivity contribution in [3.05, 3.63) is 12.7 Å². The number of aromatic nitrogens is 4. The molecular formula is C18H30N5O7P. The Morgan fingerprint density at radius 2 is 2.03 bits per heavy atom. The van der Waals surface area contributed by atoms with E-state index in [2.05, 4.69) is 20.3 Å². The van der Waals surface area contributed by atoms with Gasteiger partial charge in [-0.15, -0.1) is 0 Å². The van der Waals surface area contributed by atoms with Crippen molar-refractivity contribution in [1.29, 1.82) is 0 Å². The van der Waals surface area contributed by atoms with Gasteiger partial charge in [0, 0.05) is 13.5 Å². The molecule has 1 aliphatic rings. The van der Waals surface area contributed by atoms with Crippen LogP contribution >= 0.6 is 7.60 Å². The van der Waals surface area contributed by atoms with Crippen LogP contribution in [0.4, 0.5) is 5.82 Å². The first-order valence-electron chi connectivity index (χ1n) is 10.1. The molecule has 12 nitrogen and oxygen atoms in total. The van der Waals surface area contributed by atoms with Gasteiger partial charge in [-0.2, -0.15) is 0 Å². The molecular weight excluding hydrogens is 429 g/mol. The predicted octanol–water partition coefficient (Wildman–Crippen LogP) is 0.976. The summed E-state index contributed by atoms with van der Waals surface area (Å²) in [6, 6.07) is 0. The smallest absolute Gasteiger partial charge is 0.356 e. The van der Waals surface area contributed by atoms with Gasteiger partial charge in [0.1, 0.15) is 24.1 Å². The minimum Gasteiger partial charge on any atom is -0.388 e. The SMILES string of the molecule is CCC(O)P(=O)(O)OC(C)(CC)C[C@H]1O[C@@H](n2cnc3c(NC)ncnc32)[C@H](O)[C@@H]1O. The van der Waals surface area contributed by atoms with Crippen LogP contribution in [-0.2, 0) is 13.8 Å². The normalized spacial score (nSPS) is 28.9. The van der Waals surface area contributed by atoms with Crippen molar-refractivity contribution in [3.8, 4) is 0 Å². The molecule has 31 heavy (non-hydrogen) atoms. The van der Waals surface area contributed by atoms with E-state index in [9.17, 15) is 24.8 Å². The van der Waals surface area contributed by atoms with Crippen LogP contribution < -0.4 is 5.32 Å². The average molecular weight is 459 g/mol. The van der Waals surface area contributed by atoms with Gasteiger partial charge in [-0.3, -0.25) is 9.13 Å². The Bertz CT molecular complexity index is 959. The second kappa shape index (κ2) is 9.07. The molecule has 0 spiro atoms. The van der Waals surface area contributed by atoms with Gasteiger partial charge < -0.3 is 34.8 Å². The Balaban J connectivity index is 1.83. The largest absolute Gasteiger partial charge is 0.388 e. The lowest BCUT2D eigenvalue weighted by molar-refractivity contribution is -0.0667. The van der Waals surface area contributed by atoms with Gasteiger partial charge in [-0.05, 0) is 19.8 Å². The fourth-order valence-electron chi connectivity index (χ4n) is 3.63. The Morgan fingerprint density at radius 1 is 1.32 bits per heavy atom. The highest BCUT2D eigenvalue weighted by molar-refractivity contribution is 7.53. The molecule has 1 saturated heterocycles. The Morgan fingerprint density at radius 3 is 2.65 bits per heavy atom. The summed E-state index contributed by atoms with van der Waals surface area (Å²) in [5.74, 6) is -1.00. The lowest BCUT2D eigenvalue weighted by Gasteiger charge is -2.34. The maximum absolute atomic E-state index is 12.4. The van der Waals surface area contributed by atoms with Crippen molar-refractivity contribution in [2.24, 2.45) is 0 Å². The highest BCUT2D eigenvalue weighted by Crippen LogP contribution is 2.53. The molecule has 3 rings (SSSR count). The molecule has 5 N–H and O–H groups in total. The van der Waals surface area contributed by atoms with E-state index in [1.807, 2.05) is 0 Å². The lowest BCUT2D eigenvalue weighted by Crippen LogP contribution is -2.39. The Labute approximate surface area is 179 Å². The number of rotatable bonds is 9. The molecule has 0 saturated carbocycles. The van der Waals surface area contributed by atoms with Crippen molar-refractivity contribution in [2.75, 3.05) is 12.4 Å². The van der Waals surface area contributed by atoms with Crippen molar-refractivity contribution < 1.29 is 34.0 Å². The van der Waals surface area contributed by atoms with E-state index in [0.717, 1.165) is 0 Å². The first kappa shape index (κ1) is 24.0. The molecule has 1 fully saturated rings. The van der Waals surface area contributed by atoms with E-state index >= 15 is 0 Å². The summed E-state index contributed by atoms with van der Waals surface area (Å²) in [5.41, 5.74) is -0.286. The van der Waals surface area contributed by atoms with Crippen molar-refractivity contribution >= 4 is 24.6 Å². The van der Waals surface area contributed by atoms with Crippen molar-refractivity contribution in [3.63, 3.8) is 0 Å². The van der Waals surface area contributed by atoms with E-state index in [4.69, 9.17) is 9.26 Å². The third-order valence-corrected chi connectivity index (χ3v) is 7.50. The van der Waals surface area contributed by atoms with Crippen LogP contribution in [0.1, 0.15) is 46.3 Å². The Kier molecular flexibility index (Phi) is 7.02. The number of nitrogens with one attached hydrogen (secondary N) is 1. The summed E-state index contributed by atoms with van der Waals surface area (Å²) in [5, 5.41) is 34.0. The highest BCUT2D eigenvalue weighted by Gasteiger charge is 2.48. The van der Waals surface area contributed by atoms with Crippen LogP contribution in [0.5, 0.6) is 0 Å². The molecule has 1 aliphatic heterocycles. The van der Waals surface area contributed by atoms with Gasteiger partial charge in [-0.25, -0.2) is 15.0 Å². The zero-order chi connectivity index (χ0) is 23.0. The number of hydrogen-bond acceptors (Lipinski definition) is 10. The number of anilines is 1. The van der Waals surface area contributed by atoms with E-state index in [0.29, 0.717) is 23.4 Å². The molecule has 2 aromatic heterocycles. The van der Waals surface area contributed by atoms with Gasteiger partial charge in [0.2, 0.25) is 0 Å². The van der Waals surface area contributed by atoms with Crippen LogP contribution in [0.15, 0.2) is 12.7 Å². The number of ether oxygens (including phenoxy) is 1. The quantitative estimate of drug-likeness (QED) is 0.338. The molecule has 0 aromatic carbocycles. The van der Waals surface area contributed by atoms with Crippen LogP contribution in [0.2, 0.25) is 0 Å². The topological polar surface area (TPSA) is 172 Å². The minimum absolute atomic E-state index is 0.0165. The zero-order valence-corrected chi connectivity index (χ0v) is 18.8. The molecule has 3 unspecified atom stereocenters. The molecule has 7 atom stereocenters. The summed E-state index contributed by atoms with van der Waals surface area (Å²) in [7, 11) is -2.60. The molecule has 3 heterocycles. The minimum atomic E-state index is -4.30. The summed E-state index contributed by atoms with van der Waals surface area (Å²) in [6.45, 7) is 4.93. The monoisotopic (exact) mass is 459 g/mol. The Hall–Kier alpha value is -1.66. The van der Waals surface area contributed by atoms with Crippen LogP contribution in [0.3, 0.4) is 0 Å². The first-order chi connectivity index (χ1) is 14.6. The number of imidazole rings is 1. The van der Waals surface area contributed by atoms with Crippen LogP contribution in [-0.4, -0.2) is 76.5 Å². The van der Waals surface area contributed by atoms with Gasteiger partial charge >= 0.3 is 7.60 Å². The van der Waals surface area contributed by atoms with Crippen LogP contribution in [0.25, 0.3) is 11.2 Å². The van der Waals surface area contributed by atoms with Crippen LogP contribution in [0, 0.1) is 0 Å². The molecule has 0 amide bonds. The molecule has 13 heteroatoms. The second-order valence-electron chi connectivity index (χ2n) is 7.89. The third-order valence-electron chi connectivity index (χ3n) is 5.68. The van der Waals surface area contributed by atoms with E-state index < -0.39 is 43.6 Å². The fourth-order valence-corrected chi connectivity index (χ4v) is 5.05. The fraction of sp³-hybridized carbons (Fsp3) is 0.722. The number of fused-ring (bicyclic) bond motifs is 1. The van der Waals surface area contributed by atoms with Crippen molar-refractivity contribution in [2.45, 2.75) is 76.0 Å². The lowest BCUT2D eigenvalue weighted by atomic mass is 9.93. The summed E-state index contributed by atoms with van der Waals surface area (Å²) < 4.78 is 25.3. The number of nitrogens with zero attached hydrogens (tertiary/aromatic N) is 4. The van der Waals surface area contributed by atoms with Gasteiger partial charge in [0.25, 0.3) is 0 Å². The first-order valence-corrected chi connectivity index (χ1v) is 11.8. The average Bonchev–Trinajstić information content (AvgIpc) is 3.28. The summed E-state index contributed by atoms with van der Waals surface area (Å²) in [6.07, 6.45) is -1.27. The zero-order valence-electron chi connectivity index (χ0n) is 17.9. The standard InChI is InChI=1S/C18H30N5O7P/c1-5-11(24)31(27,28)30-18(3,6-2)7-10-13(25)14(26)17(29-10)23-9-22-12-15(19-4)20-8-21-16(12)23/h8-11,13-14,17,24-26H,5-7H2,1-4H3,(H,27,28)(H,19,20,21)/t10-,11?,13-,14-,17-,18?/m1/s1. The van der Waals surface area contributed by atoms with Gasteiger partial charge in [-0.1, -0.05) is 13.8 Å². The number of aliphatic hydroxyl groups excluding tert-OH is 3. The maximum Gasteiger partial charge on any atom is 0.356 e. The van der Waals surface area contributed by atoms with E-state index in [-0.39, 0.29) is 12.8 Å². The van der Waals surface area contributed by atoms with Gasteiger partial charge in [0.05, 0.1) is 18.0 Å². The van der Waals surface area contributed by atoms with E-state index in [1.165, 1.54) is 17.2 Å². The summed E-state index contributed by atoms with van der Waals surface area (Å²) in [4.78, 5) is 22.7. The van der Waals surface area contributed by atoms with E-state index in [1.54, 1.807) is 27.8 Å². The summed E-state index contributed by atoms with van der Waals surface area (Å²) >= 11 is 0. The number of aliphatic hydroxyl groups is 3. The molecule has 0 aliphatic carbocycles. The number of hydrogen-bond donors (Lipinski definition) is 5. The molecule has 0 radical (unpaired) electrons. The highest BCUT2D eigenvalue weighted by atomic mass is 31.2. The maximum atomic E-state index is 12.4. The predicted molar refractivity (Wildman–Crippen MR) is 111 cm³/mol.